The monoisotopic (exact) mass is 499 g/mol. The van der Waals surface area contributed by atoms with E-state index in [2.05, 4.69) is 10.6 Å². The van der Waals surface area contributed by atoms with Gasteiger partial charge in [0.1, 0.15) is 11.4 Å². The Morgan fingerprint density at radius 2 is 1.80 bits per heavy atom. The van der Waals surface area contributed by atoms with Crippen molar-refractivity contribution in [1.29, 1.82) is 5.41 Å². The first kappa shape index (κ1) is 26.2. The number of nitrogens with zero attached hydrogens (tertiary/aromatic N) is 1. The molecule has 35 heavy (non-hydrogen) atoms. The van der Waals surface area contributed by atoms with Crippen LogP contribution >= 0.6 is 12.4 Å². The van der Waals surface area contributed by atoms with Gasteiger partial charge in [0.05, 0.1) is 12.6 Å². The molecule has 6 N–H and O–H groups in total. The summed E-state index contributed by atoms with van der Waals surface area (Å²) in [5.41, 5.74) is 7.02. The van der Waals surface area contributed by atoms with E-state index in [9.17, 15) is 14.4 Å². The molecule has 2 aliphatic rings. The number of benzene rings is 2. The third kappa shape index (κ3) is 5.63. The number of carbonyl (C=O) groups excluding carboxylic acids is 2. The highest BCUT2D eigenvalue weighted by molar-refractivity contribution is 5.97. The highest BCUT2D eigenvalue weighted by atomic mass is 35.5. The number of carboxylic acids is 1. The molecule has 2 aromatic rings. The van der Waals surface area contributed by atoms with Gasteiger partial charge in [-0.15, -0.1) is 12.4 Å². The Morgan fingerprint density at radius 3 is 2.40 bits per heavy atom. The van der Waals surface area contributed by atoms with Gasteiger partial charge in [0, 0.05) is 18.7 Å². The normalized spacial score (nSPS) is 20.8. The second kappa shape index (κ2) is 10.9. The molecule has 10 heteroatoms. The summed E-state index contributed by atoms with van der Waals surface area (Å²) < 4.78 is 0. The Hall–Kier alpha value is -3.43. The number of aliphatic carboxylic acids is 1. The third-order valence-corrected chi connectivity index (χ3v) is 6.71. The quantitative estimate of drug-likeness (QED) is 0.245. The molecule has 3 atom stereocenters. The smallest absolute Gasteiger partial charge is 0.317 e. The number of hydrogen-bond acceptors (Lipinski definition) is 5. The number of hydrogen-bond donors (Lipinski definition) is 5. The van der Waals surface area contributed by atoms with Crippen molar-refractivity contribution in [1.82, 2.24) is 15.5 Å². The maximum absolute atomic E-state index is 13.5. The van der Waals surface area contributed by atoms with Gasteiger partial charge in [0.25, 0.3) is 0 Å². The zero-order valence-corrected chi connectivity index (χ0v) is 20.0. The van der Waals surface area contributed by atoms with Crippen LogP contribution in [0.2, 0.25) is 0 Å². The second-order valence-corrected chi connectivity index (χ2v) is 8.91. The van der Waals surface area contributed by atoms with Crippen LogP contribution in [0.5, 0.6) is 0 Å². The summed E-state index contributed by atoms with van der Waals surface area (Å²) in [6, 6.07) is 15.8. The number of nitrogens with two attached hydrogens (primary N) is 1. The predicted octanol–water partition coefficient (Wildman–Crippen LogP) is 1.29. The van der Waals surface area contributed by atoms with Crippen LogP contribution in [0.25, 0.3) is 0 Å². The van der Waals surface area contributed by atoms with Crippen LogP contribution < -0.4 is 16.4 Å². The molecule has 1 saturated heterocycles. The lowest BCUT2D eigenvalue weighted by atomic mass is 10.0. The number of amides is 2. The van der Waals surface area contributed by atoms with Gasteiger partial charge in [-0.1, -0.05) is 54.6 Å². The van der Waals surface area contributed by atoms with Gasteiger partial charge in [-0.2, -0.15) is 0 Å². The minimum atomic E-state index is -1.04. The van der Waals surface area contributed by atoms with E-state index in [-0.39, 0.29) is 42.5 Å². The van der Waals surface area contributed by atoms with Gasteiger partial charge in [-0.05, 0) is 36.3 Å². The van der Waals surface area contributed by atoms with E-state index in [1.54, 1.807) is 17.0 Å². The summed E-state index contributed by atoms with van der Waals surface area (Å²) in [7, 11) is 0. The summed E-state index contributed by atoms with van der Waals surface area (Å²) in [6.07, 6.45) is 1.71. The molecule has 0 aromatic heterocycles. The van der Waals surface area contributed by atoms with Gasteiger partial charge in [0.15, 0.2) is 0 Å². The van der Waals surface area contributed by atoms with E-state index in [1.165, 1.54) is 0 Å². The molecule has 0 bridgehead atoms. The molecule has 4 rings (SSSR count). The number of amidine groups is 1. The summed E-state index contributed by atoms with van der Waals surface area (Å²) in [4.78, 5) is 39.6. The van der Waals surface area contributed by atoms with E-state index in [0.29, 0.717) is 31.5 Å². The lowest BCUT2D eigenvalue weighted by Crippen LogP contribution is -2.56. The molecule has 2 amide bonds. The molecular weight excluding hydrogens is 470 g/mol. The Bertz CT molecular complexity index is 1090. The second-order valence-electron chi connectivity index (χ2n) is 8.91. The average molecular weight is 500 g/mol. The van der Waals surface area contributed by atoms with E-state index in [1.807, 2.05) is 42.5 Å². The zero-order chi connectivity index (χ0) is 24.3. The number of nitrogens with one attached hydrogen (secondary N) is 3. The highest BCUT2D eigenvalue weighted by Gasteiger charge is 2.68. The molecule has 1 heterocycles. The fourth-order valence-electron chi connectivity index (χ4n) is 4.81. The number of piperidine rings is 1. The van der Waals surface area contributed by atoms with Crippen LogP contribution in [-0.4, -0.2) is 58.3 Å². The fraction of sp³-hybridized carbons (Fsp3) is 0.360. The van der Waals surface area contributed by atoms with Crippen molar-refractivity contribution >= 4 is 36.0 Å². The standard InChI is InChI=1S/C25H29N5O4.ClH/c26-22(27)18-8-6-17(7-9-18)14-29-24(34)25-13-19(25)10-11-30(25)23(33)20(28-15-21(31)32)12-16-4-2-1-3-5-16;/h1-9,19-20,28H,10-15H2,(H3,26,27)(H,29,34)(H,31,32);1H/t19-,20+,25+;/m1./s1. The number of likely N-dealkylation sites (tertiary alicyclic amines) is 1. The van der Waals surface area contributed by atoms with Crippen molar-refractivity contribution in [3.63, 3.8) is 0 Å². The van der Waals surface area contributed by atoms with Crippen LogP contribution in [0.4, 0.5) is 0 Å². The first-order valence-electron chi connectivity index (χ1n) is 11.3. The molecule has 9 nitrogen and oxygen atoms in total. The van der Waals surface area contributed by atoms with E-state index < -0.39 is 17.6 Å². The van der Waals surface area contributed by atoms with Crippen molar-refractivity contribution < 1.29 is 19.5 Å². The maximum Gasteiger partial charge on any atom is 0.317 e. The molecule has 2 aromatic carbocycles. The minimum Gasteiger partial charge on any atom is -0.480 e. The van der Waals surface area contributed by atoms with Crippen molar-refractivity contribution in [3.8, 4) is 0 Å². The lowest BCUT2D eigenvalue weighted by Gasteiger charge is -2.31. The van der Waals surface area contributed by atoms with Crippen LogP contribution in [0.1, 0.15) is 29.5 Å². The minimum absolute atomic E-state index is 0. The molecule has 0 radical (unpaired) electrons. The number of fused-ring (bicyclic) bond motifs is 1. The molecule has 1 aliphatic heterocycles. The number of rotatable bonds is 10. The van der Waals surface area contributed by atoms with Crippen molar-refractivity contribution in [2.24, 2.45) is 11.7 Å². The fourth-order valence-corrected chi connectivity index (χ4v) is 4.81. The van der Waals surface area contributed by atoms with E-state index in [4.69, 9.17) is 16.2 Å². The zero-order valence-electron chi connectivity index (χ0n) is 19.2. The van der Waals surface area contributed by atoms with Gasteiger partial charge in [-0.3, -0.25) is 25.1 Å². The van der Waals surface area contributed by atoms with Crippen LogP contribution in [-0.2, 0) is 27.3 Å². The summed E-state index contributed by atoms with van der Waals surface area (Å²) in [5, 5.41) is 22.4. The van der Waals surface area contributed by atoms with E-state index >= 15 is 0 Å². The highest BCUT2D eigenvalue weighted by Crippen LogP contribution is 2.56. The van der Waals surface area contributed by atoms with Gasteiger partial charge >= 0.3 is 5.97 Å². The van der Waals surface area contributed by atoms with Crippen molar-refractivity contribution in [2.45, 2.75) is 37.4 Å². The Balaban J connectivity index is 0.00000342. The molecule has 186 valence electrons. The molecule has 2 fully saturated rings. The molecule has 1 saturated carbocycles. The molecule has 1 aliphatic carbocycles. The van der Waals surface area contributed by atoms with Crippen LogP contribution in [0, 0.1) is 11.3 Å². The molecule has 0 unspecified atom stereocenters. The van der Waals surface area contributed by atoms with Gasteiger partial charge in [-0.25, -0.2) is 0 Å². The van der Waals surface area contributed by atoms with Crippen LogP contribution in [0.3, 0.4) is 0 Å². The van der Waals surface area contributed by atoms with E-state index in [0.717, 1.165) is 17.5 Å². The summed E-state index contributed by atoms with van der Waals surface area (Å²) in [6.45, 7) is 0.443. The Morgan fingerprint density at radius 1 is 1.11 bits per heavy atom. The first-order valence-corrected chi connectivity index (χ1v) is 11.3. The lowest BCUT2D eigenvalue weighted by molar-refractivity contribution is -0.143. The average Bonchev–Trinajstić information content (AvgIpc) is 3.45. The van der Waals surface area contributed by atoms with Crippen LogP contribution in [0.15, 0.2) is 54.6 Å². The molecule has 0 spiro atoms. The SMILES string of the molecule is Cl.N=C(N)c1ccc(CNC(=O)[C@]23C[C@H]2CCN3C(=O)[C@H](Cc2ccccc2)NCC(=O)O)cc1. The van der Waals surface area contributed by atoms with Crippen molar-refractivity contribution in [3.05, 3.63) is 71.3 Å². The number of nitrogen functional groups attached to an aromatic ring is 1. The van der Waals surface area contributed by atoms with Gasteiger partial charge < -0.3 is 21.1 Å². The third-order valence-electron chi connectivity index (χ3n) is 6.71. The molecular formula is C25H30ClN5O4. The number of carboxylic acid groups (broad SMARTS) is 1. The van der Waals surface area contributed by atoms with Crippen molar-refractivity contribution in [2.75, 3.05) is 13.1 Å². The summed E-state index contributed by atoms with van der Waals surface area (Å²) >= 11 is 0. The van der Waals surface area contributed by atoms with Gasteiger partial charge in [0.2, 0.25) is 11.8 Å². The largest absolute Gasteiger partial charge is 0.480 e. The Kier molecular flexibility index (Phi) is 8.14. The topological polar surface area (TPSA) is 149 Å². The number of halogens is 1. The number of carbonyl (C=O) groups is 3. The first-order chi connectivity index (χ1) is 16.3. The predicted molar refractivity (Wildman–Crippen MR) is 133 cm³/mol. The summed E-state index contributed by atoms with van der Waals surface area (Å²) in [5.74, 6) is -1.37. The maximum atomic E-state index is 13.5. The Labute approximate surface area is 210 Å².